The zero-order chi connectivity index (χ0) is 14.5. The Morgan fingerprint density at radius 3 is 2.05 bits per heavy atom. The van der Waals surface area contributed by atoms with Gasteiger partial charge in [-0.25, -0.2) is 0 Å². The minimum absolute atomic E-state index is 0.00898. The maximum absolute atomic E-state index is 11.5. The number of carbonyl (C=O) groups excluding carboxylic acids is 2. The lowest BCUT2D eigenvalue weighted by atomic mass is 10.1. The zero-order valence-electron chi connectivity index (χ0n) is 12.8. The fourth-order valence-electron chi connectivity index (χ4n) is 2.04. The van der Waals surface area contributed by atoms with Gasteiger partial charge in [-0.2, -0.15) is 0 Å². The molecule has 112 valence electrons. The summed E-state index contributed by atoms with van der Waals surface area (Å²) in [6.07, 6.45) is 8.27. The van der Waals surface area contributed by atoms with Crippen LogP contribution < -0.4 is 5.32 Å². The van der Waals surface area contributed by atoms with Crippen molar-refractivity contribution in [3.05, 3.63) is 0 Å². The molecule has 0 rings (SSSR count). The van der Waals surface area contributed by atoms with Crippen LogP contribution in [0.5, 0.6) is 0 Å². The summed E-state index contributed by atoms with van der Waals surface area (Å²) in [6, 6.07) is 0. The molecule has 19 heavy (non-hydrogen) atoms. The van der Waals surface area contributed by atoms with E-state index in [0.29, 0.717) is 6.54 Å². The molecular weight excluding hydrogens is 240 g/mol. The highest BCUT2D eigenvalue weighted by atomic mass is 16.2. The molecule has 0 saturated carbocycles. The summed E-state index contributed by atoms with van der Waals surface area (Å²) in [5.41, 5.74) is 0. The molecule has 1 N–H and O–H groups in total. The van der Waals surface area contributed by atoms with E-state index in [9.17, 15) is 9.59 Å². The van der Waals surface area contributed by atoms with E-state index in [1.165, 1.54) is 39.0 Å². The highest BCUT2D eigenvalue weighted by Crippen LogP contribution is 2.06. The second kappa shape index (κ2) is 12.0. The number of amides is 2. The van der Waals surface area contributed by atoms with E-state index in [1.54, 1.807) is 6.92 Å². The second-order valence-electron chi connectivity index (χ2n) is 5.11. The molecule has 0 aromatic rings. The molecular formula is C15H30N2O2. The first-order valence-corrected chi connectivity index (χ1v) is 7.57. The van der Waals surface area contributed by atoms with E-state index in [0.717, 1.165) is 25.9 Å². The summed E-state index contributed by atoms with van der Waals surface area (Å²) in [6.45, 7) is 7.59. The van der Waals surface area contributed by atoms with Gasteiger partial charge in [0.05, 0.1) is 0 Å². The van der Waals surface area contributed by atoms with Gasteiger partial charge in [0, 0.05) is 33.5 Å². The molecule has 0 aliphatic rings. The Kier molecular flexibility index (Phi) is 11.3. The molecule has 4 nitrogen and oxygen atoms in total. The normalized spacial score (nSPS) is 10.3. The second-order valence-corrected chi connectivity index (χ2v) is 5.11. The fourth-order valence-corrected chi connectivity index (χ4v) is 2.04. The van der Waals surface area contributed by atoms with Crippen LogP contribution in [0.2, 0.25) is 0 Å². The third-order valence-corrected chi connectivity index (χ3v) is 3.21. The van der Waals surface area contributed by atoms with Gasteiger partial charge in [-0.3, -0.25) is 9.59 Å². The number of hydrogen-bond donors (Lipinski definition) is 1. The lowest BCUT2D eigenvalue weighted by molar-refractivity contribution is -0.129. The first kappa shape index (κ1) is 17.9. The van der Waals surface area contributed by atoms with Crippen LogP contribution in [-0.4, -0.2) is 36.3 Å². The molecule has 0 aromatic heterocycles. The SMILES string of the molecule is CCCCCCCCN(CCCNC(C)=O)C(C)=O. The predicted molar refractivity (Wildman–Crippen MR) is 78.9 cm³/mol. The number of carbonyl (C=O) groups is 2. The number of rotatable bonds is 11. The molecule has 0 saturated heterocycles. The van der Waals surface area contributed by atoms with Crippen LogP contribution in [0.3, 0.4) is 0 Å². The Hall–Kier alpha value is -1.06. The van der Waals surface area contributed by atoms with Crippen molar-refractivity contribution in [2.45, 2.75) is 65.7 Å². The van der Waals surface area contributed by atoms with Gasteiger partial charge >= 0.3 is 0 Å². The van der Waals surface area contributed by atoms with E-state index in [4.69, 9.17) is 0 Å². The van der Waals surface area contributed by atoms with Crippen LogP contribution in [0, 0.1) is 0 Å². The van der Waals surface area contributed by atoms with E-state index in [-0.39, 0.29) is 11.8 Å². The molecule has 0 aliphatic carbocycles. The van der Waals surface area contributed by atoms with Crippen LogP contribution in [0.1, 0.15) is 65.7 Å². The quantitative estimate of drug-likeness (QED) is 0.587. The maximum atomic E-state index is 11.5. The molecule has 0 unspecified atom stereocenters. The number of unbranched alkanes of at least 4 members (excludes halogenated alkanes) is 5. The molecule has 2 amide bonds. The van der Waals surface area contributed by atoms with Gasteiger partial charge in [0.15, 0.2) is 0 Å². The maximum Gasteiger partial charge on any atom is 0.219 e. The fraction of sp³-hybridized carbons (Fsp3) is 0.867. The minimum atomic E-state index is -0.00898. The number of nitrogens with zero attached hydrogens (tertiary/aromatic N) is 1. The summed E-state index contributed by atoms with van der Waals surface area (Å²) >= 11 is 0. The highest BCUT2D eigenvalue weighted by molar-refractivity contribution is 5.73. The molecule has 0 fully saturated rings. The van der Waals surface area contributed by atoms with E-state index in [2.05, 4.69) is 12.2 Å². The van der Waals surface area contributed by atoms with Crippen molar-refractivity contribution in [2.75, 3.05) is 19.6 Å². The van der Waals surface area contributed by atoms with Crippen LogP contribution in [0.25, 0.3) is 0 Å². The molecule has 0 atom stereocenters. The third-order valence-electron chi connectivity index (χ3n) is 3.21. The molecule has 0 radical (unpaired) electrons. The number of nitrogens with one attached hydrogen (secondary N) is 1. The highest BCUT2D eigenvalue weighted by Gasteiger charge is 2.07. The van der Waals surface area contributed by atoms with Crippen molar-refractivity contribution in [1.82, 2.24) is 10.2 Å². The average molecular weight is 270 g/mol. The summed E-state index contributed by atoms with van der Waals surface area (Å²) in [7, 11) is 0. The van der Waals surface area contributed by atoms with E-state index in [1.807, 2.05) is 4.90 Å². The Morgan fingerprint density at radius 1 is 0.895 bits per heavy atom. The van der Waals surface area contributed by atoms with Gasteiger partial charge in [-0.15, -0.1) is 0 Å². The van der Waals surface area contributed by atoms with Crippen molar-refractivity contribution < 1.29 is 9.59 Å². The van der Waals surface area contributed by atoms with Gasteiger partial charge in [0.1, 0.15) is 0 Å². The van der Waals surface area contributed by atoms with Crippen molar-refractivity contribution in [1.29, 1.82) is 0 Å². The Labute approximate surface area is 117 Å². The Bertz CT molecular complexity index is 255. The summed E-state index contributed by atoms with van der Waals surface area (Å²) in [5, 5.41) is 2.75. The van der Waals surface area contributed by atoms with Crippen molar-refractivity contribution in [2.24, 2.45) is 0 Å². The first-order chi connectivity index (χ1) is 9.07. The number of hydrogen-bond acceptors (Lipinski definition) is 2. The molecule has 0 heterocycles. The summed E-state index contributed by atoms with van der Waals surface area (Å²) < 4.78 is 0. The van der Waals surface area contributed by atoms with E-state index < -0.39 is 0 Å². The molecule has 0 aromatic carbocycles. The van der Waals surface area contributed by atoms with Crippen LogP contribution in [0.15, 0.2) is 0 Å². The first-order valence-electron chi connectivity index (χ1n) is 7.57. The predicted octanol–water partition coefficient (Wildman–Crippen LogP) is 2.72. The minimum Gasteiger partial charge on any atom is -0.356 e. The van der Waals surface area contributed by atoms with Crippen LogP contribution >= 0.6 is 0 Å². The summed E-state index contributed by atoms with van der Waals surface area (Å²) in [5.74, 6) is 0.127. The molecule has 0 spiro atoms. The van der Waals surface area contributed by atoms with Gasteiger partial charge in [0.25, 0.3) is 0 Å². The standard InChI is InChI=1S/C15H30N2O2/c1-4-5-6-7-8-9-12-17(15(3)19)13-10-11-16-14(2)18/h4-13H2,1-3H3,(H,16,18). The lowest BCUT2D eigenvalue weighted by Crippen LogP contribution is -2.33. The zero-order valence-corrected chi connectivity index (χ0v) is 12.8. The van der Waals surface area contributed by atoms with Crippen LogP contribution in [-0.2, 0) is 9.59 Å². The third kappa shape index (κ3) is 11.7. The monoisotopic (exact) mass is 270 g/mol. The molecule has 0 bridgehead atoms. The molecule has 0 aliphatic heterocycles. The average Bonchev–Trinajstić information content (AvgIpc) is 2.35. The van der Waals surface area contributed by atoms with Gasteiger partial charge in [-0.1, -0.05) is 39.0 Å². The van der Waals surface area contributed by atoms with E-state index >= 15 is 0 Å². The van der Waals surface area contributed by atoms with Crippen molar-refractivity contribution in [3.63, 3.8) is 0 Å². The molecule has 4 heteroatoms. The van der Waals surface area contributed by atoms with Crippen molar-refractivity contribution in [3.8, 4) is 0 Å². The lowest BCUT2D eigenvalue weighted by Gasteiger charge is -2.21. The van der Waals surface area contributed by atoms with Crippen molar-refractivity contribution >= 4 is 11.8 Å². The smallest absolute Gasteiger partial charge is 0.219 e. The van der Waals surface area contributed by atoms with Gasteiger partial charge in [-0.05, 0) is 12.8 Å². The summed E-state index contributed by atoms with van der Waals surface area (Å²) in [4.78, 5) is 24.1. The van der Waals surface area contributed by atoms with Gasteiger partial charge in [0.2, 0.25) is 11.8 Å². The Morgan fingerprint density at radius 2 is 1.47 bits per heavy atom. The van der Waals surface area contributed by atoms with Crippen LogP contribution in [0.4, 0.5) is 0 Å². The van der Waals surface area contributed by atoms with Gasteiger partial charge < -0.3 is 10.2 Å². The Balaban J connectivity index is 3.63. The topological polar surface area (TPSA) is 49.4 Å². The largest absolute Gasteiger partial charge is 0.356 e.